The molecule has 3 N–H and O–H groups in total. The molecule has 0 radical (unpaired) electrons. The summed E-state index contributed by atoms with van der Waals surface area (Å²) in [4.78, 5) is 15.8. The van der Waals surface area contributed by atoms with Gasteiger partial charge in [-0.1, -0.05) is 13.3 Å². The summed E-state index contributed by atoms with van der Waals surface area (Å²) in [6, 6.07) is 0. The van der Waals surface area contributed by atoms with Crippen LogP contribution in [0.1, 0.15) is 32.4 Å². The van der Waals surface area contributed by atoms with Crippen LogP contribution in [0.4, 0.5) is 0 Å². The minimum atomic E-state index is -0.773. The van der Waals surface area contributed by atoms with Crippen molar-refractivity contribution in [1.29, 1.82) is 0 Å². The van der Waals surface area contributed by atoms with Gasteiger partial charge in [0, 0.05) is 5.38 Å². The van der Waals surface area contributed by atoms with Crippen molar-refractivity contribution in [2.75, 3.05) is 0 Å². The summed E-state index contributed by atoms with van der Waals surface area (Å²) in [5.41, 5.74) is 7.73. The number of nitrogens with two attached hydrogens (primary N) is 1. The van der Waals surface area contributed by atoms with Gasteiger partial charge in [0.25, 0.3) is 0 Å². The molecule has 17 heavy (non-hydrogen) atoms. The van der Waals surface area contributed by atoms with Crippen molar-refractivity contribution in [3.63, 3.8) is 0 Å². The van der Waals surface area contributed by atoms with Crippen LogP contribution in [0.5, 0.6) is 0 Å². The van der Waals surface area contributed by atoms with E-state index in [1.165, 1.54) is 11.3 Å². The molecule has 0 fully saturated rings. The van der Waals surface area contributed by atoms with Crippen LogP contribution in [0.15, 0.2) is 10.9 Å². The average Bonchev–Trinajstić information content (AvgIpc) is 2.66. The third-order valence-corrected chi connectivity index (χ3v) is 2.84. The number of nitrogens with one attached hydrogen (secondary N) is 1. The molecular weight excluding hydrogens is 281 g/mol. The van der Waals surface area contributed by atoms with Gasteiger partial charge in [-0.25, -0.2) is 4.98 Å². The molecule has 1 aromatic rings. The van der Waals surface area contributed by atoms with Crippen molar-refractivity contribution in [2.24, 2.45) is 5.73 Å². The summed E-state index contributed by atoms with van der Waals surface area (Å²) < 4.78 is 0. The molecule has 1 heterocycles. The second-order valence-electron chi connectivity index (χ2n) is 3.83. The van der Waals surface area contributed by atoms with Gasteiger partial charge in [-0.3, -0.25) is 4.79 Å². The molecule has 1 aromatic heterocycles. The van der Waals surface area contributed by atoms with E-state index in [1.807, 2.05) is 12.3 Å². The summed E-state index contributed by atoms with van der Waals surface area (Å²) in [6.45, 7) is 4.23. The van der Waals surface area contributed by atoms with Crippen LogP contribution >= 0.6 is 36.2 Å². The molecule has 1 atom stereocenters. The highest BCUT2D eigenvalue weighted by Crippen LogP contribution is 2.09. The normalized spacial score (nSPS) is 12.9. The van der Waals surface area contributed by atoms with Crippen LogP contribution in [-0.2, 0) is 11.3 Å². The lowest BCUT2D eigenvalue weighted by atomic mass is 9.96. The first-order valence-corrected chi connectivity index (χ1v) is 5.95. The highest BCUT2D eigenvalue weighted by atomic mass is 35.5. The van der Waals surface area contributed by atoms with Crippen LogP contribution in [-0.4, -0.2) is 16.4 Å². The molecule has 1 amide bonds. The van der Waals surface area contributed by atoms with Crippen LogP contribution in [0.3, 0.4) is 0 Å². The molecule has 0 aliphatic heterocycles. The molecule has 4 nitrogen and oxygen atoms in total. The predicted molar refractivity (Wildman–Crippen MR) is 76.0 cm³/mol. The number of thiazole rings is 1. The number of aromatic nitrogens is 1. The molecule has 100 valence electrons. The van der Waals surface area contributed by atoms with E-state index in [9.17, 15) is 4.79 Å². The Morgan fingerprint density at radius 1 is 1.59 bits per heavy atom. The van der Waals surface area contributed by atoms with Crippen molar-refractivity contribution in [3.05, 3.63) is 16.6 Å². The van der Waals surface area contributed by atoms with Gasteiger partial charge in [0.1, 0.15) is 0 Å². The van der Waals surface area contributed by atoms with E-state index in [4.69, 9.17) is 5.73 Å². The zero-order valence-corrected chi connectivity index (χ0v) is 12.4. The van der Waals surface area contributed by atoms with Crippen molar-refractivity contribution >= 4 is 42.1 Å². The number of halogens is 2. The quantitative estimate of drug-likeness (QED) is 0.875. The van der Waals surface area contributed by atoms with Crippen molar-refractivity contribution in [2.45, 2.75) is 38.8 Å². The van der Waals surface area contributed by atoms with Gasteiger partial charge in [-0.15, -0.1) is 36.2 Å². The van der Waals surface area contributed by atoms with Gasteiger partial charge < -0.3 is 11.1 Å². The SMILES string of the molecule is CCCC(C)(N)C(=O)NCc1cscn1.Cl.Cl. The molecule has 7 heteroatoms. The van der Waals surface area contributed by atoms with Gasteiger partial charge in [-0.2, -0.15) is 0 Å². The summed E-state index contributed by atoms with van der Waals surface area (Å²) in [5.74, 6) is -0.114. The number of hydrogen-bond acceptors (Lipinski definition) is 4. The summed E-state index contributed by atoms with van der Waals surface area (Å²) in [6.07, 6.45) is 1.59. The van der Waals surface area contributed by atoms with Gasteiger partial charge in [-0.05, 0) is 13.3 Å². The number of hydrogen-bond donors (Lipinski definition) is 2. The van der Waals surface area contributed by atoms with E-state index in [1.54, 1.807) is 12.4 Å². The topological polar surface area (TPSA) is 68.0 Å². The Balaban J connectivity index is 0. The zero-order chi connectivity index (χ0) is 11.3. The number of amides is 1. The number of carbonyl (C=O) groups excluding carboxylic acids is 1. The van der Waals surface area contributed by atoms with E-state index < -0.39 is 5.54 Å². The average molecular weight is 300 g/mol. The minimum absolute atomic E-state index is 0. The number of rotatable bonds is 5. The van der Waals surface area contributed by atoms with E-state index in [-0.39, 0.29) is 30.7 Å². The standard InChI is InChI=1S/C10H17N3OS.2ClH/c1-3-4-10(2,11)9(14)12-5-8-6-15-7-13-8;;/h6-7H,3-5,11H2,1-2H3,(H,12,14);2*1H. The molecule has 0 aromatic carbocycles. The summed E-state index contributed by atoms with van der Waals surface area (Å²) >= 11 is 1.52. The molecule has 0 saturated carbocycles. The molecular formula is C10H19Cl2N3OS. The summed E-state index contributed by atoms with van der Waals surface area (Å²) in [5, 5.41) is 4.70. The van der Waals surface area contributed by atoms with Crippen LogP contribution in [0, 0.1) is 0 Å². The highest BCUT2D eigenvalue weighted by molar-refractivity contribution is 7.07. The third kappa shape index (κ3) is 6.21. The Kier molecular flexibility index (Phi) is 9.71. The first kappa shape index (κ1) is 19.0. The zero-order valence-electron chi connectivity index (χ0n) is 9.93. The van der Waals surface area contributed by atoms with E-state index in [0.717, 1.165) is 12.1 Å². The lowest BCUT2D eigenvalue weighted by molar-refractivity contribution is -0.126. The maximum absolute atomic E-state index is 11.7. The molecule has 0 saturated heterocycles. The third-order valence-electron chi connectivity index (χ3n) is 2.20. The molecule has 1 unspecified atom stereocenters. The lowest BCUT2D eigenvalue weighted by Gasteiger charge is -2.22. The van der Waals surface area contributed by atoms with Crippen LogP contribution in [0.25, 0.3) is 0 Å². The van der Waals surface area contributed by atoms with Gasteiger partial charge in [0.15, 0.2) is 0 Å². The molecule has 0 bridgehead atoms. The molecule has 0 aliphatic carbocycles. The number of carbonyl (C=O) groups is 1. The van der Waals surface area contributed by atoms with Gasteiger partial charge in [0.2, 0.25) is 5.91 Å². The van der Waals surface area contributed by atoms with E-state index >= 15 is 0 Å². The first-order chi connectivity index (χ1) is 7.06. The van der Waals surface area contributed by atoms with Crippen LogP contribution < -0.4 is 11.1 Å². The van der Waals surface area contributed by atoms with Crippen molar-refractivity contribution in [3.8, 4) is 0 Å². The van der Waals surface area contributed by atoms with Gasteiger partial charge >= 0.3 is 0 Å². The Morgan fingerprint density at radius 3 is 2.71 bits per heavy atom. The van der Waals surface area contributed by atoms with Gasteiger partial charge in [0.05, 0.1) is 23.3 Å². The van der Waals surface area contributed by atoms with Crippen molar-refractivity contribution < 1.29 is 4.79 Å². The van der Waals surface area contributed by atoms with E-state index in [2.05, 4.69) is 10.3 Å². The smallest absolute Gasteiger partial charge is 0.240 e. The number of nitrogens with zero attached hydrogens (tertiary/aromatic N) is 1. The van der Waals surface area contributed by atoms with E-state index in [0.29, 0.717) is 13.0 Å². The second-order valence-corrected chi connectivity index (χ2v) is 4.55. The Morgan fingerprint density at radius 2 is 2.24 bits per heavy atom. The second kappa shape index (κ2) is 8.69. The fourth-order valence-electron chi connectivity index (χ4n) is 1.33. The maximum Gasteiger partial charge on any atom is 0.240 e. The lowest BCUT2D eigenvalue weighted by Crippen LogP contribution is -2.51. The fourth-order valence-corrected chi connectivity index (χ4v) is 1.89. The van der Waals surface area contributed by atoms with Crippen LogP contribution in [0.2, 0.25) is 0 Å². The molecule has 0 spiro atoms. The Hall–Kier alpha value is -0.360. The Bertz CT molecular complexity index is 317. The monoisotopic (exact) mass is 299 g/mol. The molecule has 1 rings (SSSR count). The minimum Gasteiger partial charge on any atom is -0.349 e. The first-order valence-electron chi connectivity index (χ1n) is 5.00. The predicted octanol–water partition coefficient (Wildman–Crippen LogP) is 2.12. The summed E-state index contributed by atoms with van der Waals surface area (Å²) in [7, 11) is 0. The molecule has 0 aliphatic rings. The van der Waals surface area contributed by atoms with Crippen molar-refractivity contribution in [1.82, 2.24) is 10.3 Å². The Labute approximate surface area is 118 Å². The largest absolute Gasteiger partial charge is 0.349 e. The fraction of sp³-hybridized carbons (Fsp3) is 0.600. The highest BCUT2D eigenvalue weighted by Gasteiger charge is 2.26. The maximum atomic E-state index is 11.7.